The van der Waals surface area contributed by atoms with Crippen molar-refractivity contribution < 1.29 is 0 Å². The van der Waals surface area contributed by atoms with Crippen LogP contribution in [0.2, 0.25) is 0 Å². The van der Waals surface area contributed by atoms with E-state index in [0.29, 0.717) is 0 Å². The van der Waals surface area contributed by atoms with E-state index >= 15 is 0 Å². The smallest absolute Gasteiger partial charge is 0.0720 e. The molecule has 1 atom stereocenters. The molecule has 18 heavy (non-hydrogen) atoms. The minimum atomic E-state index is 0.0503. The lowest BCUT2D eigenvalue weighted by atomic mass is 9.80. The Morgan fingerprint density at radius 1 is 1.33 bits per heavy atom. The van der Waals surface area contributed by atoms with E-state index in [1.165, 1.54) is 19.3 Å². The van der Waals surface area contributed by atoms with Crippen LogP contribution in [0.5, 0.6) is 0 Å². The molecule has 1 aromatic carbocycles. The first-order chi connectivity index (χ1) is 8.74. The van der Waals surface area contributed by atoms with Gasteiger partial charge in [0.2, 0.25) is 0 Å². The Morgan fingerprint density at radius 3 is 2.83 bits per heavy atom. The van der Waals surface area contributed by atoms with Crippen LogP contribution in [0.4, 0.5) is 0 Å². The number of nitrogens with two attached hydrogens (primary N) is 1. The highest BCUT2D eigenvalue weighted by atomic mass is 79.9. The van der Waals surface area contributed by atoms with Crippen molar-refractivity contribution in [1.29, 1.82) is 0 Å². The van der Waals surface area contributed by atoms with Gasteiger partial charge in [-0.2, -0.15) is 0 Å². The summed E-state index contributed by atoms with van der Waals surface area (Å²) in [6.07, 6.45) is 5.09. The van der Waals surface area contributed by atoms with Gasteiger partial charge in [-0.15, -0.1) is 0 Å². The van der Waals surface area contributed by atoms with E-state index in [2.05, 4.69) is 28.1 Å². The molecular weight excluding hydrogens is 288 g/mol. The second-order valence-electron chi connectivity index (χ2n) is 5.19. The zero-order valence-corrected chi connectivity index (χ0v) is 11.9. The van der Waals surface area contributed by atoms with Gasteiger partial charge in [0.05, 0.1) is 11.2 Å². The van der Waals surface area contributed by atoms with Gasteiger partial charge in [-0.25, -0.2) is 4.98 Å². The summed E-state index contributed by atoms with van der Waals surface area (Å²) < 4.78 is 1.04. The molecule has 0 amide bonds. The molecule has 1 heterocycles. The predicted octanol–water partition coefficient (Wildman–Crippen LogP) is 4.19. The van der Waals surface area contributed by atoms with E-state index in [9.17, 15) is 0 Å². The monoisotopic (exact) mass is 304 g/mol. The maximum atomic E-state index is 6.30. The predicted molar refractivity (Wildman–Crippen MR) is 78.3 cm³/mol. The lowest BCUT2D eigenvalue weighted by Crippen LogP contribution is -2.21. The van der Waals surface area contributed by atoms with E-state index < -0.39 is 0 Å². The van der Waals surface area contributed by atoms with Crippen molar-refractivity contribution in [2.75, 3.05) is 0 Å². The second kappa shape index (κ2) is 4.98. The summed E-state index contributed by atoms with van der Waals surface area (Å²) >= 11 is 3.61. The van der Waals surface area contributed by atoms with Crippen LogP contribution in [0.25, 0.3) is 10.9 Å². The van der Waals surface area contributed by atoms with Crippen molar-refractivity contribution in [2.24, 2.45) is 11.7 Å². The molecule has 0 spiro atoms. The number of para-hydroxylation sites is 1. The Labute approximate surface area is 116 Å². The number of fused-ring (bicyclic) bond motifs is 1. The third-order valence-corrected chi connectivity index (χ3v) is 4.50. The van der Waals surface area contributed by atoms with Crippen LogP contribution in [0.1, 0.15) is 37.4 Å². The number of halogens is 1. The molecule has 1 unspecified atom stereocenters. The number of hydrogen-bond acceptors (Lipinski definition) is 2. The first-order valence-corrected chi connectivity index (χ1v) is 7.34. The van der Waals surface area contributed by atoms with E-state index in [4.69, 9.17) is 10.7 Å². The molecular formula is C15H17BrN2. The summed E-state index contributed by atoms with van der Waals surface area (Å²) in [6, 6.07) is 10.3. The molecule has 1 aliphatic rings. The van der Waals surface area contributed by atoms with Crippen LogP contribution in [0, 0.1) is 5.92 Å². The van der Waals surface area contributed by atoms with Crippen molar-refractivity contribution in [3.63, 3.8) is 0 Å². The number of rotatable bonds is 3. The summed E-state index contributed by atoms with van der Waals surface area (Å²) in [4.78, 5) is 4.71. The third-order valence-electron chi connectivity index (χ3n) is 3.87. The molecule has 3 rings (SSSR count). The summed E-state index contributed by atoms with van der Waals surface area (Å²) in [5.41, 5.74) is 8.33. The van der Waals surface area contributed by atoms with Gasteiger partial charge in [0.15, 0.2) is 0 Å². The van der Waals surface area contributed by atoms with Gasteiger partial charge < -0.3 is 5.73 Å². The fraction of sp³-hybridized carbons (Fsp3) is 0.400. The van der Waals surface area contributed by atoms with Crippen LogP contribution in [-0.2, 0) is 0 Å². The Hall–Kier alpha value is -0.930. The lowest BCUT2D eigenvalue weighted by Gasteiger charge is -2.28. The number of nitrogens with zero attached hydrogens (tertiary/aromatic N) is 1. The number of pyridine rings is 1. The van der Waals surface area contributed by atoms with Crippen LogP contribution in [0.15, 0.2) is 34.8 Å². The summed E-state index contributed by atoms with van der Waals surface area (Å²) in [7, 11) is 0. The van der Waals surface area contributed by atoms with E-state index in [0.717, 1.165) is 33.4 Å². The van der Waals surface area contributed by atoms with E-state index in [1.54, 1.807) is 0 Å². The highest BCUT2D eigenvalue weighted by Crippen LogP contribution is 2.35. The standard InChI is InChI=1S/C15H17BrN2/c16-12-9-11-6-1-2-7-14(11)18-15(12)13(17)8-10-4-3-5-10/h1-2,6-7,9-10,13H,3-5,8,17H2. The molecule has 0 aliphatic heterocycles. The third kappa shape index (κ3) is 2.29. The zero-order valence-electron chi connectivity index (χ0n) is 10.3. The molecule has 1 saturated carbocycles. The summed E-state index contributed by atoms with van der Waals surface area (Å²) in [5, 5.41) is 1.16. The maximum absolute atomic E-state index is 6.30. The molecule has 3 heteroatoms. The first-order valence-electron chi connectivity index (χ1n) is 6.55. The quantitative estimate of drug-likeness (QED) is 0.923. The molecule has 2 N–H and O–H groups in total. The Morgan fingerprint density at radius 2 is 2.11 bits per heavy atom. The largest absolute Gasteiger partial charge is 0.323 e. The Balaban J connectivity index is 1.92. The number of aromatic nitrogens is 1. The number of benzene rings is 1. The molecule has 0 saturated heterocycles. The fourth-order valence-corrected chi connectivity index (χ4v) is 3.19. The molecule has 0 radical (unpaired) electrons. The van der Waals surface area contributed by atoms with Crippen LogP contribution >= 0.6 is 15.9 Å². The lowest BCUT2D eigenvalue weighted by molar-refractivity contribution is 0.276. The molecule has 1 fully saturated rings. The highest BCUT2D eigenvalue weighted by Gasteiger charge is 2.23. The van der Waals surface area contributed by atoms with Crippen molar-refractivity contribution in [1.82, 2.24) is 4.98 Å². The van der Waals surface area contributed by atoms with Gasteiger partial charge in [-0.3, -0.25) is 0 Å². The van der Waals surface area contributed by atoms with E-state index in [1.807, 2.05) is 18.2 Å². The van der Waals surface area contributed by atoms with Crippen LogP contribution in [-0.4, -0.2) is 4.98 Å². The highest BCUT2D eigenvalue weighted by molar-refractivity contribution is 9.10. The molecule has 0 bridgehead atoms. The van der Waals surface area contributed by atoms with Gasteiger partial charge in [0.1, 0.15) is 0 Å². The Bertz CT molecular complexity index is 563. The van der Waals surface area contributed by atoms with Gasteiger partial charge in [0, 0.05) is 15.9 Å². The fourth-order valence-electron chi connectivity index (χ4n) is 2.56. The van der Waals surface area contributed by atoms with Crippen molar-refractivity contribution >= 4 is 26.8 Å². The topological polar surface area (TPSA) is 38.9 Å². The first kappa shape index (κ1) is 12.1. The molecule has 94 valence electrons. The van der Waals surface area contributed by atoms with Gasteiger partial charge in [-0.05, 0) is 40.4 Å². The van der Waals surface area contributed by atoms with Crippen LogP contribution in [0.3, 0.4) is 0 Å². The maximum Gasteiger partial charge on any atom is 0.0720 e. The zero-order chi connectivity index (χ0) is 12.5. The van der Waals surface area contributed by atoms with Gasteiger partial charge in [-0.1, -0.05) is 37.5 Å². The van der Waals surface area contributed by atoms with Gasteiger partial charge >= 0.3 is 0 Å². The average Bonchev–Trinajstić information content (AvgIpc) is 2.32. The van der Waals surface area contributed by atoms with Crippen LogP contribution < -0.4 is 5.73 Å². The summed E-state index contributed by atoms with van der Waals surface area (Å²) in [5.74, 6) is 0.806. The molecule has 1 aliphatic carbocycles. The normalized spacial score (nSPS) is 17.7. The Kier molecular flexibility index (Phi) is 3.35. The van der Waals surface area contributed by atoms with E-state index in [-0.39, 0.29) is 6.04 Å². The SMILES string of the molecule is NC(CC1CCC1)c1nc2ccccc2cc1Br. The molecule has 2 nitrogen and oxygen atoms in total. The minimum Gasteiger partial charge on any atom is -0.323 e. The van der Waals surface area contributed by atoms with Crippen molar-refractivity contribution in [3.8, 4) is 0 Å². The van der Waals surface area contributed by atoms with Crippen molar-refractivity contribution in [3.05, 3.63) is 40.5 Å². The average molecular weight is 305 g/mol. The molecule has 2 aromatic rings. The van der Waals surface area contributed by atoms with Gasteiger partial charge in [0.25, 0.3) is 0 Å². The second-order valence-corrected chi connectivity index (χ2v) is 6.04. The summed E-state index contributed by atoms with van der Waals surface area (Å²) in [6.45, 7) is 0. The minimum absolute atomic E-state index is 0.0503. The molecule has 1 aromatic heterocycles. The van der Waals surface area contributed by atoms with Crippen molar-refractivity contribution in [2.45, 2.75) is 31.7 Å². The number of hydrogen-bond donors (Lipinski definition) is 1.